The normalized spacial score (nSPS) is 13.1. The number of benzene rings is 2. The lowest BCUT2D eigenvalue weighted by atomic mass is 10.1. The van der Waals surface area contributed by atoms with Crippen molar-refractivity contribution in [2.75, 3.05) is 17.1 Å². The van der Waals surface area contributed by atoms with E-state index in [4.69, 9.17) is 11.6 Å². The summed E-state index contributed by atoms with van der Waals surface area (Å²) in [5, 5.41) is 3.43. The average molecular weight is 536 g/mol. The fraction of sp³-hybridized carbons (Fsp3) is 0.481. The first kappa shape index (κ1) is 29.6. The van der Waals surface area contributed by atoms with Crippen molar-refractivity contribution in [2.45, 2.75) is 72.5 Å². The maximum absolute atomic E-state index is 13.4. The number of carbonyl (C=O) groups is 2. The SMILES string of the molecule is CC[C@H](C)NC(=O)[C@H](C)N(Cc1ccc(C)cc1)C(=O)CCCN(c1cccc(Cl)c1C)S(C)(=O)=O. The molecule has 0 saturated heterocycles. The van der Waals surface area contributed by atoms with Crippen molar-refractivity contribution >= 4 is 39.1 Å². The molecule has 0 aliphatic carbocycles. The molecule has 2 amide bonds. The summed E-state index contributed by atoms with van der Waals surface area (Å²) < 4.78 is 26.4. The number of carbonyl (C=O) groups excluding carboxylic acids is 2. The Labute approximate surface area is 220 Å². The number of hydrogen-bond donors (Lipinski definition) is 1. The Kier molecular flexibility index (Phi) is 10.8. The summed E-state index contributed by atoms with van der Waals surface area (Å²) in [7, 11) is -3.59. The highest BCUT2D eigenvalue weighted by Gasteiger charge is 2.27. The molecule has 0 spiro atoms. The highest BCUT2D eigenvalue weighted by Crippen LogP contribution is 2.28. The molecule has 7 nitrogen and oxygen atoms in total. The molecular weight excluding hydrogens is 498 g/mol. The third-order valence-corrected chi connectivity index (χ3v) is 7.89. The van der Waals surface area contributed by atoms with E-state index in [1.165, 1.54) is 4.31 Å². The molecule has 0 radical (unpaired) electrons. The smallest absolute Gasteiger partial charge is 0.242 e. The van der Waals surface area contributed by atoms with Gasteiger partial charge in [0.2, 0.25) is 21.8 Å². The molecule has 2 aromatic rings. The van der Waals surface area contributed by atoms with Gasteiger partial charge in [0.05, 0.1) is 11.9 Å². The van der Waals surface area contributed by atoms with Crippen LogP contribution in [0.15, 0.2) is 42.5 Å². The van der Waals surface area contributed by atoms with Gasteiger partial charge in [-0.3, -0.25) is 13.9 Å². The van der Waals surface area contributed by atoms with Crippen molar-refractivity contribution in [3.05, 3.63) is 64.2 Å². The van der Waals surface area contributed by atoms with Crippen LogP contribution in [0.25, 0.3) is 0 Å². The van der Waals surface area contributed by atoms with E-state index in [-0.39, 0.29) is 37.4 Å². The standard InChI is InChI=1S/C27H38ClN3O4S/c1-7-20(3)29-27(33)22(5)30(18-23-15-13-19(2)14-16-23)26(32)12-9-17-31(36(6,34)35)25-11-8-10-24(28)21(25)4/h8,10-11,13-16,20,22H,7,9,12,17-18H2,1-6H3,(H,29,33)/t20-,22-/m0/s1. The second-order valence-electron chi connectivity index (χ2n) is 9.32. The van der Waals surface area contributed by atoms with E-state index in [1.54, 1.807) is 36.9 Å². The molecular formula is C27H38ClN3O4S. The van der Waals surface area contributed by atoms with Crippen molar-refractivity contribution in [1.82, 2.24) is 10.2 Å². The third kappa shape index (κ3) is 8.23. The molecule has 1 N–H and O–H groups in total. The zero-order chi connectivity index (χ0) is 27.0. The van der Waals surface area contributed by atoms with E-state index >= 15 is 0 Å². The van der Waals surface area contributed by atoms with Crippen LogP contribution in [0.5, 0.6) is 0 Å². The number of sulfonamides is 1. The number of aryl methyl sites for hydroxylation is 1. The monoisotopic (exact) mass is 535 g/mol. The molecule has 2 rings (SSSR count). The molecule has 0 aliphatic heterocycles. The van der Waals surface area contributed by atoms with E-state index < -0.39 is 16.1 Å². The minimum Gasteiger partial charge on any atom is -0.352 e. The molecule has 0 aromatic heterocycles. The summed E-state index contributed by atoms with van der Waals surface area (Å²) in [6.07, 6.45) is 2.31. The van der Waals surface area contributed by atoms with E-state index in [0.717, 1.165) is 23.8 Å². The minimum atomic E-state index is -3.59. The van der Waals surface area contributed by atoms with Gasteiger partial charge in [-0.25, -0.2) is 8.42 Å². The number of nitrogens with zero attached hydrogens (tertiary/aromatic N) is 2. The fourth-order valence-electron chi connectivity index (χ4n) is 3.79. The van der Waals surface area contributed by atoms with Crippen LogP contribution in [-0.2, 0) is 26.2 Å². The van der Waals surface area contributed by atoms with Crippen LogP contribution in [-0.4, -0.2) is 50.0 Å². The zero-order valence-electron chi connectivity index (χ0n) is 22.0. The Hall–Kier alpha value is -2.58. The van der Waals surface area contributed by atoms with E-state index in [0.29, 0.717) is 22.7 Å². The lowest BCUT2D eigenvalue weighted by Crippen LogP contribution is -2.49. The first-order chi connectivity index (χ1) is 16.8. The molecule has 198 valence electrons. The van der Waals surface area contributed by atoms with Crippen LogP contribution in [0, 0.1) is 13.8 Å². The Morgan fingerprint density at radius 3 is 2.28 bits per heavy atom. The molecule has 2 atom stereocenters. The second kappa shape index (κ2) is 13.1. The number of halogens is 1. The van der Waals surface area contributed by atoms with Crippen LogP contribution in [0.4, 0.5) is 5.69 Å². The van der Waals surface area contributed by atoms with Crippen LogP contribution in [0.1, 0.15) is 56.7 Å². The number of anilines is 1. The zero-order valence-corrected chi connectivity index (χ0v) is 23.6. The topological polar surface area (TPSA) is 86.8 Å². The molecule has 9 heteroatoms. The Morgan fingerprint density at radius 1 is 1.06 bits per heavy atom. The predicted octanol–water partition coefficient (Wildman–Crippen LogP) is 4.84. The van der Waals surface area contributed by atoms with Crippen molar-refractivity contribution < 1.29 is 18.0 Å². The first-order valence-corrected chi connectivity index (χ1v) is 14.5. The highest BCUT2D eigenvalue weighted by molar-refractivity contribution is 7.92. The first-order valence-electron chi connectivity index (χ1n) is 12.2. The van der Waals surface area contributed by atoms with Gasteiger partial charge >= 0.3 is 0 Å². The van der Waals surface area contributed by atoms with Gasteiger partial charge in [0.15, 0.2) is 0 Å². The summed E-state index contributed by atoms with van der Waals surface area (Å²) in [6.45, 7) is 9.80. The maximum atomic E-state index is 13.4. The van der Waals surface area contributed by atoms with Crippen molar-refractivity contribution in [2.24, 2.45) is 0 Å². The average Bonchev–Trinajstić information content (AvgIpc) is 2.82. The van der Waals surface area contributed by atoms with Crippen LogP contribution in [0.3, 0.4) is 0 Å². The Bertz CT molecular complexity index is 1150. The molecule has 0 saturated carbocycles. The van der Waals surface area contributed by atoms with Gasteiger partial charge in [0.25, 0.3) is 0 Å². The van der Waals surface area contributed by atoms with Gasteiger partial charge in [-0.1, -0.05) is 54.4 Å². The summed E-state index contributed by atoms with van der Waals surface area (Å²) in [5.41, 5.74) is 3.18. The van der Waals surface area contributed by atoms with Gasteiger partial charge in [0, 0.05) is 30.6 Å². The molecule has 0 aliphatic rings. The van der Waals surface area contributed by atoms with Gasteiger partial charge in [-0.15, -0.1) is 0 Å². The molecule has 0 bridgehead atoms. The van der Waals surface area contributed by atoms with Crippen LogP contribution >= 0.6 is 11.6 Å². The molecule has 2 aromatic carbocycles. The highest BCUT2D eigenvalue weighted by atomic mass is 35.5. The van der Waals surface area contributed by atoms with Crippen LogP contribution < -0.4 is 9.62 Å². The summed E-state index contributed by atoms with van der Waals surface area (Å²) in [5.74, 6) is -0.421. The Balaban J connectivity index is 2.20. The van der Waals surface area contributed by atoms with Gasteiger partial charge < -0.3 is 10.2 Å². The van der Waals surface area contributed by atoms with Crippen molar-refractivity contribution in [1.29, 1.82) is 0 Å². The maximum Gasteiger partial charge on any atom is 0.242 e. The molecule has 36 heavy (non-hydrogen) atoms. The molecule has 0 fully saturated rings. The number of nitrogens with one attached hydrogen (secondary N) is 1. The van der Waals surface area contributed by atoms with Crippen LogP contribution in [0.2, 0.25) is 5.02 Å². The largest absolute Gasteiger partial charge is 0.352 e. The minimum absolute atomic E-state index is 0.000493. The second-order valence-corrected chi connectivity index (χ2v) is 11.6. The van der Waals surface area contributed by atoms with Crippen molar-refractivity contribution in [3.8, 4) is 0 Å². The van der Waals surface area contributed by atoms with E-state index in [1.807, 2.05) is 45.0 Å². The molecule has 0 heterocycles. The summed E-state index contributed by atoms with van der Waals surface area (Å²) in [4.78, 5) is 27.8. The van der Waals surface area contributed by atoms with Gasteiger partial charge in [0.1, 0.15) is 6.04 Å². The number of rotatable bonds is 12. The van der Waals surface area contributed by atoms with Crippen molar-refractivity contribution in [3.63, 3.8) is 0 Å². The van der Waals surface area contributed by atoms with Gasteiger partial charge in [-0.05, 0) is 63.8 Å². The van der Waals surface area contributed by atoms with E-state index in [9.17, 15) is 18.0 Å². The number of amides is 2. The third-order valence-electron chi connectivity index (χ3n) is 6.30. The molecule has 0 unspecified atom stereocenters. The summed E-state index contributed by atoms with van der Waals surface area (Å²) >= 11 is 6.21. The quantitative estimate of drug-likeness (QED) is 0.421. The fourth-order valence-corrected chi connectivity index (χ4v) is 4.97. The Morgan fingerprint density at radius 2 is 1.69 bits per heavy atom. The lowest BCUT2D eigenvalue weighted by Gasteiger charge is -2.30. The lowest BCUT2D eigenvalue weighted by molar-refractivity contribution is -0.140. The van der Waals surface area contributed by atoms with E-state index in [2.05, 4.69) is 5.32 Å². The predicted molar refractivity (Wildman–Crippen MR) is 147 cm³/mol. The summed E-state index contributed by atoms with van der Waals surface area (Å²) in [6, 6.07) is 12.3. The van der Waals surface area contributed by atoms with Gasteiger partial charge in [-0.2, -0.15) is 0 Å². The number of hydrogen-bond acceptors (Lipinski definition) is 4.